The van der Waals surface area contributed by atoms with Gasteiger partial charge in [-0.05, 0) is 31.0 Å². The Balaban J connectivity index is 1.78. The molecule has 0 radical (unpaired) electrons. The van der Waals surface area contributed by atoms with Crippen LogP contribution < -0.4 is 0 Å². The zero-order valence-corrected chi connectivity index (χ0v) is 12.4. The van der Waals surface area contributed by atoms with Crippen molar-refractivity contribution in [2.24, 2.45) is 0 Å². The van der Waals surface area contributed by atoms with Gasteiger partial charge < -0.3 is 10.0 Å². The maximum Gasteiger partial charge on any atom is 0.265 e. The second kappa shape index (κ2) is 6.10. The van der Waals surface area contributed by atoms with Crippen LogP contribution in [0.4, 0.5) is 8.78 Å². The molecule has 0 atom stereocenters. The molecule has 1 aromatic carbocycles. The van der Waals surface area contributed by atoms with Crippen molar-refractivity contribution in [1.82, 2.24) is 9.88 Å². The molecular formula is C15H14F2N2O2S. The number of hydrogen-bond donors (Lipinski definition) is 1. The molecule has 7 heteroatoms. The van der Waals surface area contributed by atoms with E-state index in [1.807, 2.05) is 0 Å². The van der Waals surface area contributed by atoms with Crippen molar-refractivity contribution in [2.75, 3.05) is 13.1 Å². The van der Waals surface area contributed by atoms with Crippen molar-refractivity contribution in [1.29, 1.82) is 0 Å². The summed E-state index contributed by atoms with van der Waals surface area (Å²) in [7, 11) is 0. The standard InChI is InChI=1S/C15H14F2N2O2S/c16-11-2-1-9(7-12(11)17)14-18-8-13(22-14)15(21)19-5-3-10(20)4-6-19/h1-2,7-8,10,20H,3-6H2. The number of nitrogens with zero attached hydrogens (tertiary/aromatic N) is 2. The Bertz CT molecular complexity index is 697. The molecule has 1 N–H and O–H groups in total. The summed E-state index contributed by atoms with van der Waals surface area (Å²) in [5, 5.41) is 9.94. The van der Waals surface area contributed by atoms with Gasteiger partial charge >= 0.3 is 0 Å². The van der Waals surface area contributed by atoms with E-state index in [0.29, 0.717) is 41.4 Å². The number of halogens is 2. The normalized spacial score (nSPS) is 16.0. The number of amides is 1. The molecule has 2 heterocycles. The first-order valence-corrected chi connectivity index (χ1v) is 7.75. The van der Waals surface area contributed by atoms with E-state index in [4.69, 9.17) is 0 Å². The Kier molecular flexibility index (Phi) is 4.17. The first-order valence-electron chi connectivity index (χ1n) is 6.93. The van der Waals surface area contributed by atoms with Crippen molar-refractivity contribution >= 4 is 17.2 Å². The molecule has 2 aromatic rings. The topological polar surface area (TPSA) is 53.4 Å². The lowest BCUT2D eigenvalue weighted by Crippen LogP contribution is -2.39. The first-order chi connectivity index (χ1) is 10.5. The van der Waals surface area contributed by atoms with Crippen molar-refractivity contribution in [3.05, 3.63) is 40.9 Å². The number of aromatic nitrogens is 1. The van der Waals surface area contributed by atoms with Crippen molar-refractivity contribution in [3.8, 4) is 10.6 Å². The van der Waals surface area contributed by atoms with Crippen molar-refractivity contribution in [3.63, 3.8) is 0 Å². The van der Waals surface area contributed by atoms with Crippen LogP contribution in [0.3, 0.4) is 0 Å². The van der Waals surface area contributed by atoms with Crippen LogP contribution in [-0.2, 0) is 0 Å². The summed E-state index contributed by atoms with van der Waals surface area (Å²) >= 11 is 1.15. The number of rotatable bonds is 2. The third-order valence-corrected chi connectivity index (χ3v) is 4.67. The molecule has 4 nitrogen and oxygen atoms in total. The molecule has 3 rings (SSSR count). The number of aliphatic hydroxyl groups excluding tert-OH is 1. The molecule has 22 heavy (non-hydrogen) atoms. The number of likely N-dealkylation sites (tertiary alicyclic amines) is 1. The predicted octanol–water partition coefficient (Wildman–Crippen LogP) is 2.69. The Morgan fingerprint density at radius 2 is 2.00 bits per heavy atom. The highest BCUT2D eigenvalue weighted by Gasteiger charge is 2.24. The number of carbonyl (C=O) groups is 1. The second-order valence-corrected chi connectivity index (χ2v) is 6.21. The molecule has 1 saturated heterocycles. The van der Waals surface area contributed by atoms with Gasteiger partial charge in [0.05, 0.1) is 12.3 Å². The zero-order chi connectivity index (χ0) is 15.7. The van der Waals surface area contributed by atoms with Crippen LogP contribution in [0.25, 0.3) is 10.6 Å². The van der Waals surface area contributed by atoms with Crippen LogP contribution in [0.15, 0.2) is 24.4 Å². The van der Waals surface area contributed by atoms with Gasteiger partial charge in [-0.15, -0.1) is 11.3 Å². The third-order valence-electron chi connectivity index (χ3n) is 3.63. The van der Waals surface area contributed by atoms with Gasteiger partial charge in [0.2, 0.25) is 0 Å². The summed E-state index contributed by atoms with van der Waals surface area (Å²) in [5.74, 6) is -1.99. The fourth-order valence-corrected chi connectivity index (χ4v) is 3.24. The molecule has 0 bridgehead atoms. The highest BCUT2D eigenvalue weighted by Crippen LogP contribution is 2.27. The molecule has 0 unspecified atom stereocenters. The van der Waals surface area contributed by atoms with Crippen LogP contribution in [-0.4, -0.2) is 40.1 Å². The zero-order valence-electron chi connectivity index (χ0n) is 11.6. The lowest BCUT2D eigenvalue weighted by Gasteiger charge is -2.29. The second-order valence-electron chi connectivity index (χ2n) is 5.18. The van der Waals surface area contributed by atoms with E-state index in [-0.39, 0.29) is 12.0 Å². The van der Waals surface area contributed by atoms with Gasteiger partial charge in [-0.1, -0.05) is 0 Å². The van der Waals surface area contributed by atoms with E-state index >= 15 is 0 Å². The molecular weight excluding hydrogens is 310 g/mol. The molecule has 0 saturated carbocycles. The average Bonchev–Trinajstić information content (AvgIpc) is 3.00. The monoisotopic (exact) mass is 324 g/mol. The lowest BCUT2D eigenvalue weighted by molar-refractivity contribution is 0.0550. The predicted molar refractivity (Wildman–Crippen MR) is 78.6 cm³/mol. The van der Waals surface area contributed by atoms with Gasteiger partial charge in [-0.2, -0.15) is 0 Å². The third kappa shape index (κ3) is 3.00. The number of aliphatic hydroxyl groups is 1. The Labute approximate surface area is 130 Å². The van der Waals surface area contributed by atoms with Crippen LogP contribution >= 0.6 is 11.3 Å². The minimum absolute atomic E-state index is 0.141. The number of carbonyl (C=O) groups excluding carboxylic acids is 1. The fourth-order valence-electron chi connectivity index (χ4n) is 2.36. The van der Waals surface area contributed by atoms with E-state index in [2.05, 4.69) is 4.98 Å². The smallest absolute Gasteiger partial charge is 0.265 e. The number of hydrogen-bond acceptors (Lipinski definition) is 4. The minimum Gasteiger partial charge on any atom is -0.393 e. The van der Waals surface area contributed by atoms with Crippen molar-refractivity contribution < 1.29 is 18.7 Å². The average molecular weight is 324 g/mol. The van der Waals surface area contributed by atoms with E-state index in [1.54, 1.807) is 4.90 Å². The van der Waals surface area contributed by atoms with Gasteiger partial charge in [-0.25, -0.2) is 13.8 Å². The van der Waals surface area contributed by atoms with Crippen molar-refractivity contribution in [2.45, 2.75) is 18.9 Å². The van der Waals surface area contributed by atoms with Crippen LogP contribution in [0, 0.1) is 11.6 Å². The maximum atomic E-state index is 13.3. The highest BCUT2D eigenvalue weighted by molar-refractivity contribution is 7.16. The summed E-state index contributed by atoms with van der Waals surface area (Å²) in [6.07, 6.45) is 2.25. The molecule has 1 aromatic heterocycles. The van der Waals surface area contributed by atoms with Crippen LogP contribution in [0.5, 0.6) is 0 Å². The molecule has 1 aliphatic heterocycles. The van der Waals surface area contributed by atoms with E-state index in [9.17, 15) is 18.7 Å². The minimum atomic E-state index is -0.939. The van der Waals surface area contributed by atoms with Gasteiger partial charge in [0.1, 0.15) is 9.88 Å². The number of benzene rings is 1. The van der Waals surface area contributed by atoms with Gasteiger partial charge in [-0.3, -0.25) is 4.79 Å². The summed E-state index contributed by atoms with van der Waals surface area (Å²) in [6.45, 7) is 1.02. The molecule has 0 aliphatic carbocycles. The fraction of sp³-hybridized carbons (Fsp3) is 0.333. The van der Waals surface area contributed by atoms with E-state index in [0.717, 1.165) is 23.5 Å². The van der Waals surface area contributed by atoms with E-state index in [1.165, 1.54) is 12.3 Å². The van der Waals surface area contributed by atoms with E-state index < -0.39 is 11.6 Å². The first kappa shape index (κ1) is 15.1. The number of thiazole rings is 1. The highest BCUT2D eigenvalue weighted by atomic mass is 32.1. The summed E-state index contributed by atoms with van der Waals surface area (Å²) in [4.78, 5) is 18.6. The molecule has 116 valence electrons. The summed E-state index contributed by atoms with van der Waals surface area (Å²) in [6, 6.07) is 3.54. The van der Waals surface area contributed by atoms with Crippen LogP contribution in [0.1, 0.15) is 22.5 Å². The SMILES string of the molecule is O=C(c1cnc(-c2ccc(F)c(F)c2)s1)N1CCC(O)CC1. The quantitative estimate of drug-likeness (QED) is 0.924. The van der Waals surface area contributed by atoms with Gasteiger partial charge in [0.15, 0.2) is 11.6 Å². The van der Waals surface area contributed by atoms with Gasteiger partial charge in [0.25, 0.3) is 5.91 Å². The molecule has 1 aliphatic rings. The Hall–Kier alpha value is -1.86. The Morgan fingerprint density at radius 3 is 2.68 bits per heavy atom. The summed E-state index contributed by atoms with van der Waals surface area (Å²) in [5.41, 5.74) is 0.442. The van der Waals surface area contributed by atoms with Crippen LogP contribution in [0.2, 0.25) is 0 Å². The molecule has 0 spiro atoms. The van der Waals surface area contributed by atoms with Gasteiger partial charge in [0, 0.05) is 18.7 Å². The lowest BCUT2D eigenvalue weighted by atomic mass is 10.1. The summed E-state index contributed by atoms with van der Waals surface area (Å²) < 4.78 is 26.2. The number of piperidine rings is 1. The molecule has 1 fully saturated rings. The largest absolute Gasteiger partial charge is 0.393 e. The Morgan fingerprint density at radius 1 is 1.27 bits per heavy atom. The maximum absolute atomic E-state index is 13.3. The molecule has 1 amide bonds.